The third kappa shape index (κ3) is 5.21. The van der Waals surface area contributed by atoms with E-state index in [-0.39, 0.29) is 11.4 Å². The number of nitrogens with zero attached hydrogens (tertiary/aromatic N) is 1. The molecule has 1 aliphatic carbocycles. The molecule has 1 aliphatic rings. The molecule has 2 amide bonds. The number of rotatable bonds is 5. The first-order chi connectivity index (χ1) is 16.7. The van der Waals surface area contributed by atoms with Crippen molar-refractivity contribution in [2.75, 3.05) is 12.4 Å². The zero-order valence-corrected chi connectivity index (χ0v) is 19.0. The van der Waals surface area contributed by atoms with Crippen LogP contribution in [0.5, 0.6) is 5.75 Å². The second kappa shape index (κ2) is 9.65. The van der Waals surface area contributed by atoms with Crippen molar-refractivity contribution in [3.63, 3.8) is 0 Å². The highest BCUT2D eigenvalue weighted by Crippen LogP contribution is 2.32. The van der Waals surface area contributed by atoms with E-state index in [1.165, 1.54) is 19.2 Å². The van der Waals surface area contributed by atoms with E-state index in [9.17, 15) is 22.8 Å². The smallest absolute Gasteiger partial charge is 0.416 e. The summed E-state index contributed by atoms with van der Waals surface area (Å²) in [6.45, 7) is 1.68. The number of fused-ring (bicyclic) bond motifs is 1. The molecule has 0 bridgehead atoms. The molecule has 1 heterocycles. The highest BCUT2D eigenvalue weighted by molar-refractivity contribution is 6.09. The number of hydrogen-bond donors (Lipinski definition) is 2. The van der Waals surface area contributed by atoms with Crippen molar-refractivity contribution in [2.45, 2.75) is 32.4 Å². The first kappa shape index (κ1) is 24.1. The summed E-state index contributed by atoms with van der Waals surface area (Å²) in [5.74, 6) is 0.0763. The maximum absolute atomic E-state index is 13.0. The maximum atomic E-state index is 13.0. The van der Waals surface area contributed by atoms with Crippen LogP contribution >= 0.6 is 0 Å². The Hall–Kier alpha value is -4.08. The zero-order chi connectivity index (χ0) is 25.2. The van der Waals surface area contributed by atoms with E-state index >= 15 is 0 Å². The van der Waals surface area contributed by atoms with Gasteiger partial charge in [0.2, 0.25) is 0 Å². The lowest BCUT2D eigenvalue weighted by Gasteiger charge is -2.13. The monoisotopic (exact) mass is 485 g/mol. The summed E-state index contributed by atoms with van der Waals surface area (Å²) in [7, 11) is 1.53. The van der Waals surface area contributed by atoms with Crippen molar-refractivity contribution < 1.29 is 31.9 Å². The number of hydrogen-bond acceptors (Lipinski definition) is 5. The van der Waals surface area contributed by atoms with Crippen LogP contribution < -0.4 is 15.5 Å². The molecule has 35 heavy (non-hydrogen) atoms. The molecule has 0 radical (unpaired) electrons. The van der Waals surface area contributed by atoms with E-state index < -0.39 is 23.6 Å². The number of anilines is 1. The predicted octanol–water partition coefficient (Wildman–Crippen LogP) is 5.34. The Morgan fingerprint density at radius 1 is 1.06 bits per heavy atom. The highest BCUT2D eigenvalue weighted by Gasteiger charge is 2.31. The number of amides is 2. The minimum absolute atomic E-state index is 0.000701. The summed E-state index contributed by atoms with van der Waals surface area (Å²) >= 11 is 0. The summed E-state index contributed by atoms with van der Waals surface area (Å²) in [4.78, 5) is 25.3. The van der Waals surface area contributed by atoms with Crippen LogP contribution in [0.4, 0.5) is 18.9 Å². The van der Waals surface area contributed by atoms with Crippen LogP contribution in [0.3, 0.4) is 0 Å². The van der Waals surface area contributed by atoms with Crippen LogP contribution in [0.1, 0.15) is 56.2 Å². The number of aryl methyl sites for hydroxylation is 1. The molecule has 0 atom stereocenters. The number of benzene rings is 2. The molecule has 10 heteroatoms. The Labute approximate surface area is 199 Å². The van der Waals surface area contributed by atoms with Gasteiger partial charge in [0.05, 0.1) is 18.4 Å². The van der Waals surface area contributed by atoms with Crippen molar-refractivity contribution in [1.29, 1.82) is 0 Å². The predicted molar refractivity (Wildman–Crippen MR) is 123 cm³/mol. The van der Waals surface area contributed by atoms with Crippen molar-refractivity contribution in [3.05, 3.63) is 82.3 Å². The van der Waals surface area contributed by atoms with E-state index in [1.54, 1.807) is 31.2 Å². The lowest BCUT2D eigenvalue weighted by molar-refractivity contribution is -0.137. The lowest BCUT2D eigenvalue weighted by atomic mass is 9.93. The summed E-state index contributed by atoms with van der Waals surface area (Å²) in [5.41, 5.74) is 3.75. The average Bonchev–Trinajstić information content (AvgIpc) is 3.19. The molecular formula is C25H22F3N3O4. The van der Waals surface area contributed by atoms with Gasteiger partial charge in [0.1, 0.15) is 11.5 Å². The molecular weight excluding hydrogens is 463 g/mol. The van der Waals surface area contributed by atoms with Crippen molar-refractivity contribution in [1.82, 2.24) is 5.43 Å². The van der Waals surface area contributed by atoms with Crippen LogP contribution in [0, 0.1) is 6.92 Å². The molecule has 3 aromatic rings. The topological polar surface area (TPSA) is 92.9 Å². The average molecular weight is 485 g/mol. The van der Waals surface area contributed by atoms with E-state index in [4.69, 9.17) is 9.15 Å². The Morgan fingerprint density at radius 2 is 1.80 bits per heavy atom. The third-order valence-electron chi connectivity index (χ3n) is 5.62. The highest BCUT2D eigenvalue weighted by atomic mass is 19.4. The summed E-state index contributed by atoms with van der Waals surface area (Å²) in [6.07, 6.45) is -2.70. The van der Waals surface area contributed by atoms with E-state index in [2.05, 4.69) is 15.8 Å². The zero-order valence-electron chi connectivity index (χ0n) is 19.0. The van der Waals surface area contributed by atoms with Gasteiger partial charge in [-0.15, -0.1) is 0 Å². The van der Waals surface area contributed by atoms with Gasteiger partial charge in [-0.05, 0) is 62.2 Å². The Kier molecular flexibility index (Phi) is 6.63. The Bertz CT molecular complexity index is 1290. The van der Waals surface area contributed by atoms with Gasteiger partial charge in [0, 0.05) is 28.8 Å². The van der Waals surface area contributed by atoms with Crippen molar-refractivity contribution in [2.24, 2.45) is 5.10 Å². The number of alkyl halides is 3. The van der Waals surface area contributed by atoms with Crippen LogP contribution in [-0.2, 0) is 12.6 Å². The summed E-state index contributed by atoms with van der Waals surface area (Å²) < 4.78 is 49.8. The quantitative estimate of drug-likeness (QED) is 0.478. The number of halogens is 3. The first-order valence-corrected chi connectivity index (χ1v) is 10.8. The second-order valence-corrected chi connectivity index (χ2v) is 7.97. The van der Waals surface area contributed by atoms with E-state index in [1.807, 2.05) is 0 Å². The van der Waals surface area contributed by atoms with Gasteiger partial charge in [0.25, 0.3) is 11.8 Å². The molecule has 7 nitrogen and oxygen atoms in total. The molecule has 0 unspecified atom stereocenters. The summed E-state index contributed by atoms with van der Waals surface area (Å²) in [6, 6.07) is 10.9. The van der Waals surface area contributed by atoms with Gasteiger partial charge < -0.3 is 14.5 Å². The number of hydrazone groups is 1. The van der Waals surface area contributed by atoms with Gasteiger partial charge in [-0.1, -0.05) is 6.07 Å². The normalized spacial score (nSPS) is 14.4. The Balaban J connectivity index is 1.54. The molecule has 2 aromatic carbocycles. The fraction of sp³-hybridized carbons (Fsp3) is 0.240. The van der Waals surface area contributed by atoms with Crippen LogP contribution in [0.15, 0.2) is 58.0 Å². The van der Waals surface area contributed by atoms with Gasteiger partial charge in [-0.3, -0.25) is 9.59 Å². The molecule has 0 fully saturated rings. The van der Waals surface area contributed by atoms with Gasteiger partial charge >= 0.3 is 6.18 Å². The van der Waals surface area contributed by atoms with Gasteiger partial charge in [0.15, 0.2) is 5.76 Å². The molecule has 0 saturated heterocycles. The van der Waals surface area contributed by atoms with Gasteiger partial charge in [-0.2, -0.15) is 18.3 Å². The standard InChI is InChI=1S/C25H22F3N3O4/c1-14-21-19(30-31-23(32)15-9-11-18(34-2)12-10-15)7-4-8-20(21)35-22(14)24(33)29-17-6-3-5-16(13-17)25(26,27)28/h3,5-6,9-13H,4,7-8H2,1-2H3,(H,29,33)(H,31,32)/b30-19+. The molecule has 1 aromatic heterocycles. The van der Waals surface area contributed by atoms with Crippen molar-refractivity contribution in [3.8, 4) is 5.75 Å². The second-order valence-electron chi connectivity index (χ2n) is 7.97. The number of methoxy groups -OCH3 is 1. The fourth-order valence-electron chi connectivity index (χ4n) is 3.88. The Morgan fingerprint density at radius 3 is 2.49 bits per heavy atom. The van der Waals surface area contributed by atoms with Crippen LogP contribution in [0.25, 0.3) is 0 Å². The number of ether oxygens (including phenoxy) is 1. The SMILES string of the molecule is COc1ccc(C(=O)N/N=C2\CCCc3oc(C(=O)Nc4cccc(C(F)(F)F)c4)c(C)c32)cc1. The minimum Gasteiger partial charge on any atom is -0.497 e. The maximum Gasteiger partial charge on any atom is 0.416 e. The van der Waals surface area contributed by atoms with Crippen LogP contribution in [0.2, 0.25) is 0 Å². The molecule has 0 aliphatic heterocycles. The number of nitrogens with one attached hydrogen (secondary N) is 2. The van der Waals surface area contributed by atoms with Gasteiger partial charge in [-0.25, -0.2) is 5.43 Å². The molecule has 4 rings (SSSR count). The van der Waals surface area contributed by atoms with Crippen LogP contribution in [-0.4, -0.2) is 24.6 Å². The number of carbonyl (C=O) groups is 2. The first-order valence-electron chi connectivity index (χ1n) is 10.8. The minimum atomic E-state index is -4.53. The third-order valence-corrected chi connectivity index (χ3v) is 5.62. The summed E-state index contributed by atoms with van der Waals surface area (Å²) in [5, 5.41) is 6.73. The fourth-order valence-corrected chi connectivity index (χ4v) is 3.88. The van der Waals surface area contributed by atoms with E-state index in [0.717, 1.165) is 12.1 Å². The van der Waals surface area contributed by atoms with Crippen molar-refractivity contribution >= 4 is 23.2 Å². The molecule has 182 valence electrons. The molecule has 0 spiro atoms. The number of carbonyl (C=O) groups excluding carboxylic acids is 2. The molecule has 2 N–H and O–H groups in total. The van der Waals surface area contributed by atoms with E-state index in [0.29, 0.717) is 53.2 Å². The lowest BCUT2D eigenvalue weighted by Crippen LogP contribution is -2.22. The molecule has 0 saturated carbocycles. The largest absolute Gasteiger partial charge is 0.497 e. The number of furan rings is 1.